The van der Waals surface area contributed by atoms with Crippen molar-refractivity contribution in [3.63, 3.8) is 0 Å². The molecule has 0 bridgehead atoms. The lowest BCUT2D eigenvalue weighted by Crippen LogP contribution is -2.29. The van der Waals surface area contributed by atoms with Gasteiger partial charge in [-0.3, -0.25) is 14.5 Å². The van der Waals surface area contributed by atoms with E-state index in [1.807, 2.05) is 0 Å². The Hall–Kier alpha value is -3.67. The van der Waals surface area contributed by atoms with Gasteiger partial charge in [-0.25, -0.2) is 4.39 Å². The fourth-order valence-electron chi connectivity index (χ4n) is 3.17. The third kappa shape index (κ3) is 2.81. The van der Waals surface area contributed by atoms with Gasteiger partial charge < -0.3 is 9.52 Å². The highest BCUT2D eigenvalue weighted by atomic mass is 19.1. The molecule has 2 heterocycles. The quantitative estimate of drug-likeness (QED) is 0.433. The molecular formula is C21H14FNO4. The minimum atomic E-state index is -0.953. The fourth-order valence-corrected chi connectivity index (χ4v) is 3.17. The molecule has 5 nitrogen and oxygen atoms in total. The summed E-state index contributed by atoms with van der Waals surface area (Å²) in [6.07, 6.45) is 1.42. The Morgan fingerprint density at radius 2 is 1.67 bits per heavy atom. The molecule has 2 aromatic carbocycles. The van der Waals surface area contributed by atoms with Gasteiger partial charge in [0.1, 0.15) is 23.4 Å². The van der Waals surface area contributed by atoms with Crippen molar-refractivity contribution in [3.05, 3.63) is 95.7 Å². The number of furan rings is 1. The number of Topliss-reactive ketones (excluding diaryl/α,β-unsaturated/α-hetero) is 1. The van der Waals surface area contributed by atoms with Crippen molar-refractivity contribution in [1.82, 2.24) is 0 Å². The molecular weight excluding hydrogens is 349 g/mol. The summed E-state index contributed by atoms with van der Waals surface area (Å²) in [4.78, 5) is 26.7. The summed E-state index contributed by atoms with van der Waals surface area (Å²) >= 11 is 0. The maximum Gasteiger partial charge on any atom is 0.300 e. The molecule has 6 heteroatoms. The Bertz CT molecular complexity index is 1020. The van der Waals surface area contributed by atoms with Gasteiger partial charge in [0.15, 0.2) is 0 Å². The molecule has 0 spiro atoms. The lowest BCUT2D eigenvalue weighted by molar-refractivity contribution is -0.132. The van der Waals surface area contributed by atoms with E-state index in [-0.39, 0.29) is 11.3 Å². The standard InChI is InChI=1S/C21H14FNO4/c22-14-8-10-15(11-9-14)23-18(16-7-4-12-27-16)17(20(25)21(23)26)19(24)13-5-2-1-3-6-13/h1-12,18,24H/b19-17-. The van der Waals surface area contributed by atoms with Gasteiger partial charge in [0.25, 0.3) is 11.7 Å². The molecule has 1 saturated heterocycles. The number of nitrogens with zero attached hydrogens (tertiary/aromatic N) is 1. The second-order valence-electron chi connectivity index (χ2n) is 6.03. The third-order valence-corrected chi connectivity index (χ3v) is 4.41. The molecule has 1 aliphatic heterocycles. The Morgan fingerprint density at radius 1 is 0.963 bits per heavy atom. The number of halogens is 1. The molecule has 4 rings (SSSR count). The number of hydrogen-bond donors (Lipinski definition) is 1. The predicted molar refractivity (Wildman–Crippen MR) is 96.3 cm³/mol. The highest BCUT2D eigenvalue weighted by Gasteiger charge is 2.48. The number of carbonyl (C=O) groups is 2. The summed E-state index contributed by atoms with van der Waals surface area (Å²) in [5.41, 5.74) is 0.656. The normalized spacial score (nSPS) is 18.9. The summed E-state index contributed by atoms with van der Waals surface area (Å²) in [6, 6.07) is 16.0. The van der Waals surface area contributed by atoms with Crippen molar-refractivity contribution >= 4 is 23.1 Å². The van der Waals surface area contributed by atoms with Gasteiger partial charge in [0.2, 0.25) is 0 Å². The van der Waals surface area contributed by atoms with E-state index in [1.54, 1.807) is 42.5 Å². The Kier molecular flexibility index (Phi) is 4.08. The molecule has 1 unspecified atom stereocenters. The van der Waals surface area contributed by atoms with Crippen molar-refractivity contribution in [1.29, 1.82) is 0 Å². The largest absolute Gasteiger partial charge is 0.507 e. The van der Waals surface area contributed by atoms with Crippen LogP contribution in [0, 0.1) is 5.82 Å². The number of aliphatic hydroxyl groups is 1. The summed E-state index contributed by atoms with van der Waals surface area (Å²) in [5, 5.41) is 10.8. The lowest BCUT2D eigenvalue weighted by atomic mass is 9.99. The van der Waals surface area contributed by atoms with Crippen LogP contribution in [0.15, 0.2) is 83.0 Å². The van der Waals surface area contributed by atoms with E-state index < -0.39 is 23.5 Å². The van der Waals surface area contributed by atoms with Crippen molar-refractivity contribution in [2.45, 2.75) is 6.04 Å². The zero-order valence-electron chi connectivity index (χ0n) is 14.0. The van der Waals surface area contributed by atoms with Gasteiger partial charge in [-0.2, -0.15) is 0 Å². The molecule has 1 atom stereocenters. The Balaban J connectivity index is 1.92. The minimum Gasteiger partial charge on any atom is -0.507 e. The van der Waals surface area contributed by atoms with Crippen molar-refractivity contribution in [3.8, 4) is 0 Å². The first-order chi connectivity index (χ1) is 13.1. The number of carbonyl (C=O) groups excluding carboxylic acids is 2. The summed E-state index contributed by atoms with van der Waals surface area (Å²) in [7, 11) is 0. The van der Waals surface area contributed by atoms with Crippen LogP contribution in [-0.4, -0.2) is 16.8 Å². The highest BCUT2D eigenvalue weighted by molar-refractivity contribution is 6.51. The van der Waals surface area contributed by atoms with E-state index in [9.17, 15) is 19.1 Å². The van der Waals surface area contributed by atoms with Gasteiger partial charge in [0.05, 0.1) is 11.8 Å². The van der Waals surface area contributed by atoms with Gasteiger partial charge >= 0.3 is 0 Å². The number of hydrogen-bond acceptors (Lipinski definition) is 4. The number of aliphatic hydroxyl groups excluding tert-OH is 1. The predicted octanol–water partition coefficient (Wildman–Crippen LogP) is 4.05. The topological polar surface area (TPSA) is 70.8 Å². The molecule has 0 radical (unpaired) electrons. The van der Waals surface area contributed by atoms with Crippen LogP contribution in [0.3, 0.4) is 0 Å². The number of ketones is 1. The SMILES string of the molecule is O=C1C(=O)N(c2ccc(F)cc2)C(c2ccco2)/C1=C(/O)c1ccccc1. The zero-order chi connectivity index (χ0) is 19.0. The number of benzene rings is 2. The van der Waals surface area contributed by atoms with Crippen LogP contribution < -0.4 is 4.90 Å². The second kappa shape index (κ2) is 6.57. The van der Waals surface area contributed by atoms with Crippen LogP contribution in [0.5, 0.6) is 0 Å². The first kappa shape index (κ1) is 16.8. The van der Waals surface area contributed by atoms with E-state index in [4.69, 9.17) is 4.42 Å². The minimum absolute atomic E-state index is 0.0783. The van der Waals surface area contributed by atoms with Crippen LogP contribution >= 0.6 is 0 Å². The van der Waals surface area contributed by atoms with E-state index in [1.165, 1.54) is 35.4 Å². The molecule has 0 aliphatic carbocycles. The molecule has 3 aromatic rings. The molecule has 1 aliphatic rings. The summed E-state index contributed by atoms with van der Waals surface area (Å²) < 4.78 is 18.7. The summed E-state index contributed by atoms with van der Waals surface area (Å²) in [5.74, 6) is -2.09. The second-order valence-corrected chi connectivity index (χ2v) is 6.03. The molecule has 0 saturated carbocycles. The first-order valence-corrected chi connectivity index (χ1v) is 8.23. The maximum atomic E-state index is 13.3. The highest BCUT2D eigenvalue weighted by Crippen LogP contribution is 2.42. The average molecular weight is 363 g/mol. The monoisotopic (exact) mass is 363 g/mol. The van der Waals surface area contributed by atoms with Crippen molar-refractivity contribution in [2.75, 3.05) is 4.90 Å². The van der Waals surface area contributed by atoms with Crippen molar-refractivity contribution in [2.24, 2.45) is 0 Å². The Morgan fingerprint density at radius 3 is 2.30 bits per heavy atom. The van der Waals surface area contributed by atoms with E-state index in [0.29, 0.717) is 17.0 Å². The van der Waals surface area contributed by atoms with Crippen molar-refractivity contribution < 1.29 is 23.5 Å². The van der Waals surface area contributed by atoms with Crippen LogP contribution in [0.4, 0.5) is 10.1 Å². The van der Waals surface area contributed by atoms with Crippen LogP contribution in [0.2, 0.25) is 0 Å². The summed E-state index contributed by atoms with van der Waals surface area (Å²) in [6.45, 7) is 0. The third-order valence-electron chi connectivity index (χ3n) is 4.41. The smallest absolute Gasteiger partial charge is 0.300 e. The van der Waals surface area contributed by atoms with E-state index >= 15 is 0 Å². The van der Waals surface area contributed by atoms with Gasteiger partial charge in [0, 0.05) is 11.3 Å². The van der Waals surface area contributed by atoms with Gasteiger partial charge in [-0.05, 0) is 36.4 Å². The fraction of sp³-hybridized carbons (Fsp3) is 0.0476. The maximum absolute atomic E-state index is 13.3. The molecule has 1 fully saturated rings. The lowest BCUT2D eigenvalue weighted by Gasteiger charge is -2.23. The van der Waals surface area contributed by atoms with E-state index in [0.717, 1.165) is 0 Å². The van der Waals surface area contributed by atoms with E-state index in [2.05, 4.69) is 0 Å². The number of amides is 1. The van der Waals surface area contributed by atoms with Crippen LogP contribution in [0.25, 0.3) is 5.76 Å². The van der Waals surface area contributed by atoms with Crippen LogP contribution in [0.1, 0.15) is 17.4 Å². The molecule has 1 amide bonds. The van der Waals surface area contributed by atoms with Crippen LogP contribution in [-0.2, 0) is 9.59 Å². The van der Waals surface area contributed by atoms with Gasteiger partial charge in [-0.15, -0.1) is 0 Å². The zero-order valence-corrected chi connectivity index (χ0v) is 14.0. The average Bonchev–Trinajstić information content (AvgIpc) is 3.30. The molecule has 1 N–H and O–H groups in total. The van der Waals surface area contributed by atoms with Gasteiger partial charge in [-0.1, -0.05) is 30.3 Å². The number of anilines is 1. The molecule has 134 valence electrons. The molecule has 1 aromatic heterocycles. The Labute approximate surface area is 154 Å². The first-order valence-electron chi connectivity index (χ1n) is 8.23. The number of rotatable bonds is 3. The molecule has 27 heavy (non-hydrogen) atoms.